The van der Waals surface area contributed by atoms with Crippen LogP contribution in [0.1, 0.15) is 29.0 Å². The zero-order chi connectivity index (χ0) is 18.2. The molecule has 1 aliphatic heterocycles. The molecule has 0 saturated heterocycles. The molecule has 2 nitrogen and oxygen atoms in total. The standard InChI is InChI=1S/C25H22N2/c1-26-23(19-10-4-2-5-11-19)17-16-22-18-21-14-8-9-15-24(21)27(22)25(26)20-12-6-3-7-13-20/h2-18,23,25H,1H3. The number of para-hydroxylation sites is 1. The SMILES string of the molecule is CN1C(c2ccccc2)C=Cc2cc3ccccc3n2C1c1ccccc1. The van der Waals surface area contributed by atoms with Crippen molar-refractivity contribution in [2.45, 2.75) is 12.2 Å². The smallest absolute Gasteiger partial charge is 0.113 e. The minimum atomic E-state index is 0.126. The first-order valence-electron chi connectivity index (χ1n) is 9.43. The fourth-order valence-electron chi connectivity index (χ4n) is 4.26. The quantitative estimate of drug-likeness (QED) is 0.438. The van der Waals surface area contributed by atoms with E-state index in [0.29, 0.717) is 0 Å². The van der Waals surface area contributed by atoms with Gasteiger partial charge in [-0.2, -0.15) is 0 Å². The van der Waals surface area contributed by atoms with Crippen LogP contribution in [0.5, 0.6) is 0 Å². The van der Waals surface area contributed by atoms with Crippen LogP contribution in [0.3, 0.4) is 0 Å². The maximum absolute atomic E-state index is 2.46. The highest BCUT2D eigenvalue weighted by atomic mass is 15.3. The van der Waals surface area contributed by atoms with E-state index in [9.17, 15) is 0 Å². The van der Waals surface area contributed by atoms with E-state index in [2.05, 4.69) is 120 Å². The minimum absolute atomic E-state index is 0.126. The third-order valence-electron chi connectivity index (χ3n) is 5.54. The lowest BCUT2D eigenvalue weighted by molar-refractivity contribution is 0.184. The van der Waals surface area contributed by atoms with Crippen LogP contribution < -0.4 is 0 Å². The zero-order valence-corrected chi connectivity index (χ0v) is 15.4. The Bertz CT molecular complexity index is 1090. The fraction of sp³-hybridized carbons (Fsp3) is 0.120. The maximum atomic E-state index is 2.46. The van der Waals surface area contributed by atoms with E-state index in [1.807, 2.05) is 0 Å². The van der Waals surface area contributed by atoms with E-state index < -0.39 is 0 Å². The first kappa shape index (κ1) is 16.1. The van der Waals surface area contributed by atoms with Crippen molar-refractivity contribution in [3.63, 3.8) is 0 Å². The molecule has 2 atom stereocenters. The van der Waals surface area contributed by atoms with E-state index >= 15 is 0 Å². The van der Waals surface area contributed by atoms with Crippen LogP contribution in [0.2, 0.25) is 0 Å². The van der Waals surface area contributed by atoms with Gasteiger partial charge in [-0.25, -0.2) is 0 Å². The molecule has 1 aliphatic rings. The van der Waals surface area contributed by atoms with Gasteiger partial charge in [0.15, 0.2) is 0 Å². The van der Waals surface area contributed by atoms with Crippen LogP contribution in [0, 0.1) is 0 Å². The Labute approximate surface area is 160 Å². The molecule has 0 bridgehead atoms. The Morgan fingerprint density at radius 2 is 1.33 bits per heavy atom. The van der Waals surface area contributed by atoms with Gasteiger partial charge in [0, 0.05) is 11.1 Å². The van der Waals surface area contributed by atoms with Crippen molar-refractivity contribution >= 4 is 17.0 Å². The number of likely N-dealkylation sites (N-methyl/N-ethyl adjacent to an activating group) is 1. The average Bonchev–Trinajstić information content (AvgIpc) is 3.01. The van der Waals surface area contributed by atoms with E-state index in [1.54, 1.807) is 0 Å². The number of rotatable bonds is 2. The summed E-state index contributed by atoms with van der Waals surface area (Å²) in [5, 5.41) is 1.28. The Morgan fingerprint density at radius 3 is 2.07 bits per heavy atom. The first-order valence-corrected chi connectivity index (χ1v) is 9.43. The molecule has 5 rings (SSSR count). The van der Waals surface area contributed by atoms with Gasteiger partial charge in [-0.05, 0) is 36.4 Å². The average molecular weight is 350 g/mol. The minimum Gasteiger partial charge on any atom is -0.320 e. The third kappa shape index (κ3) is 2.70. The molecule has 0 aliphatic carbocycles. The summed E-state index contributed by atoms with van der Waals surface area (Å²) in [6.45, 7) is 0. The van der Waals surface area contributed by atoms with Crippen molar-refractivity contribution in [1.82, 2.24) is 9.47 Å². The molecule has 27 heavy (non-hydrogen) atoms. The van der Waals surface area contributed by atoms with Crippen LogP contribution in [-0.2, 0) is 0 Å². The molecular formula is C25H22N2. The predicted octanol–water partition coefficient (Wildman–Crippen LogP) is 5.89. The highest BCUT2D eigenvalue weighted by molar-refractivity contribution is 5.84. The summed E-state index contributed by atoms with van der Waals surface area (Å²) < 4.78 is 2.46. The van der Waals surface area contributed by atoms with Crippen LogP contribution in [-0.4, -0.2) is 16.5 Å². The summed E-state index contributed by atoms with van der Waals surface area (Å²) in [6.07, 6.45) is 4.72. The highest BCUT2D eigenvalue weighted by Gasteiger charge is 2.29. The lowest BCUT2D eigenvalue weighted by atomic mass is 10.0. The monoisotopic (exact) mass is 350 g/mol. The molecule has 0 N–H and O–H groups in total. The summed E-state index contributed by atoms with van der Waals surface area (Å²) in [4.78, 5) is 2.46. The Morgan fingerprint density at radius 1 is 0.704 bits per heavy atom. The van der Waals surface area contributed by atoms with Gasteiger partial charge in [0.25, 0.3) is 0 Å². The Kier molecular flexibility index (Phi) is 3.92. The predicted molar refractivity (Wildman–Crippen MR) is 112 cm³/mol. The Hall–Kier alpha value is -3.10. The zero-order valence-electron chi connectivity index (χ0n) is 15.4. The molecular weight excluding hydrogens is 328 g/mol. The van der Waals surface area contributed by atoms with E-state index in [1.165, 1.54) is 27.7 Å². The Balaban J connectivity index is 1.75. The number of hydrogen-bond acceptors (Lipinski definition) is 1. The van der Waals surface area contributed by atoms with Gasteiger partial charge in [-0.15, -0.1) is 0 Å². The lowest BCUT2D eigenvalue weighted by Gasteiger charge is -2.35. The molecule has 0 spiro atoms. The molecule has 2 heteroatoms. The normalized spacial score (nSPS) is 19.7. The number of nitrogens with zero attached hydrogens (tertiary/aromatic N) is 2. The van der Waals surface area contributed by atoms with Crippen molar-refractivity contribution in [3.8, 4) is 0 Å². The van der Waals surface area contributed by atoms with Crippen molar-refractivity contribution in [2.24, 2.45) is 0 Å². The summed E-state index contributed by atoms with van der Waals surface area (Å²) in [7, 11) is 2.23. The number of hydrogen-bond donors (Lipinski definition) is 0. The van der Waals surface area contributed by atoms with Gasteiger partial charge in [0.2, 0.25) is 0 Å². The number of fused-ring (bicyclic) bond motifs is 3. The molecule has 2 unspecified atom stereocenters. The highest BCUT2D eigenvalue weighted by Crippen LogP contribution is 2.38. The summed E-state index contributed by atoms with van der Waals surface area (Å²) in [5.41, 5.74) is 5.13. The van der Waals surface area contributed by atoms with Crippen LogP contribution >= 0.6 is 0 Å². The van der Waals surface area contributed by atoms with Crippen LogP contribution in [0.4, 0.5) is 0 Å². The van der Waals surface area contributed by atoms with Gasteiger partial charge in [-0.3, -0.25) is 4.90 Å². The lowest BCUT2D eigenvalue weighted by Crippen LogP contribution is -2.32. The summed E-state index contributed by atoms with van der Waals surface area (Å²) in [5.74, 6) is 0. The molecule has 0 saturated carbocycles. The maximum Gasteiger partial charge on any atom is 0.113 e. The molecule has 1 aromatic heterocycles. The number of benzene rings is 3. The van der Waals surface area contributed by atoms with Crippen molar-refractivity contribution < 1.29 is 0 Å². The molecule has 3 aromatic carbocycles. The van der Waals surface area contributed by atoms with Gasteiger partial charge >= 0.3 is 0 Å². The number of aromatic nitrogens is 1. The van der Waals surface area contributed by atoms with E-state index in [-0.39, 0.29) is 12.2 Å². The van der Waals surface area contributed by atoms with Gasteiger partial charge in [0.05, 0.1) is 11.6 Å². The van der Waals surface area contributed by atoms with Crippen molar-refractivity contribution in [3.05, 3.63) is 114 Å². The molecule has 4 aromatic rings. The van der Waals surface area contributed by atoms with Crippen molar-refractivity contribution in [2.75, 3.05) is 7.05 Å². The van der Waals surface area contributed by atoms with Gasteiger partial charge in [0.1, 0.15) is 6.17 Å². The fourth-order valence-corrected chi connectivity index (χ4v) is 4.26. The van der Waals surface area contributed by atoms with Crippen LogP contribution in [0.25, 0.3) is 17.0 Å². The second kappa shape index (κ2) is 6.57. The molecule has 2 heterocycles. The molecule has 0 radical (unpaired) electrons. The molecule has 0 amide bonds. The second-order valence-corrected chi connectivity index (χ2v) is 7.16. The van der Waals surface area contributed by atoms with Gasteiger partial charge in [-0.1, -0.05) is 84.9 Å². The van der Waals surface area contributed by atoms with Crippen molar-refractivity contribution in [1.29, 1.82) is 0 Å². The largest absolute Gasteiger partial charge is 0.320 e. The summed E-state index contributed by atoms with van der Waals surface area (Å²) in [6, 6.07) is 32.7. The second-order valence-electron chi connectivity index (χ2n) is 7.16. The summed E-state index contributed by atoms with van der Waals surface area (Å²) >= 11 is 0. The van der Waals surface area contributed by atoms with Crippen LogP contribution in [0.15, 0.2) is 97.1 Å². The van der Waals surface area contributed by atoms with Gasteiger partial charge < -0.3 is 4.57 Å². The van der Waals surface area contributed by atoms with E-state index in [4.69, 9.17) is 0 Å². The van der Waals surface area contributed by atoms with E-state index in [0.717, 1.165) is 0 Å². The topological polar surface area (TPSA) is 8.17 Å². The third-order valence-corrected chi connectivity index (χ3v) is 5.54. The molecule has 132 valence electrons. The molecule has 0 fully saturated rings. The first-order chi connectivity index (χ1) is 13.3.